The van der Waals surface area contributed by atoms with Crippen molar-refractivity contribution in [1.29, 1.82) is 0 Å². The monoisotopic (exact) mass is 1030 g/mol. The molecule has 0 saturated carbocycles. The minimum Gasteiger partial charge on any atom is -0.497 e. The number of terminal acetylenes is 1. The second-order valence-corrected chi connectivity index (χ2v) is 19.7. The number of aliphatic carboxylic acids is 1. The highest BCUT2D eigenvalue weighted by Gasteiger charge is 2.44. The number of hydrogen-bond donors (Lipinski definition) is 2. The maximum atomic E-state index is 13.0. The lowest BCUT2D eigenvalue weighted by molar-refractivity contribution is -0.438. The maximum absolute atomic E-state index is 13.0. The van der Waals surface area contributed by atoms with Gasteiger partial charge in [0.25, 0.3) is 0 Å². The normalized spacial score (nSPS) is 14.9. The average Bonchev–Trinajstić information content (AvgIpc) is 3.80. The molecule has 14 heteroatoms. The minimum atomic E-state index is -0.753. The van der Waals surface area contributed by atoms with Crippen molar-refractivity contribution in [2.75, 3.05) is 71.1 Å². The summed E-state index contributed by atoms with van der Waals surface area (Å²) in [5, 5.41) is 13.2. The smallest absolute Gasteiger partial charge is 0.305 e. The molecule has 1 aromatic heterocycles. The number of fused-ring (bicyclic) bond motifs is 3. The van der Waals surface area contributed by atoms with E-state index in [0.29, 0.717) is 60.7 Å². The molecule has 2 aliphatic heterocycles. The molecule has 0 unspecified atom stereocenters. The summed E-state index contributed by atoms with van der Waals surface area (Å²) in [6.45, 7) is 11.4. The van der Waals surface area contributed by atoms with Gasteiger partial charge in [0.05, 0.1) is 31.8 Å². The van der Waals surface area contributed by atoms with Crippen LogP contribution in [0.3, 0.4) is 0 Å². The van der Waals surface area contributed by atoms with Gasteiger partial charge in [-0.1, -0.05) is 62.6 Å². The van der Waals surface area contributed by atoms with E-state index >= 15 is 0 Å². The molecular weight excluding hydrogens is 959 g/mol. The molecule has 0 saturated heterocycles. The molecule has 0 amide bonds. The Hall–Kier alpha value is -7.89. The largest absolute Gasteiger partial charge is 0.497 e. The molecule has 398 valence electrons. The van der Waals surface area contributed by atoms with Crippen LogP contribution >= 0.6 is 0 Å². The van der Waals surface area contributed by atoms with Crippen LogP contribution in [0.2, 0.25) is 0 Å². The van der Waals surface area contributed by atoms with E-state index < -0.39 is 5.97 Å². The number of nitrogens with one attached hydrogen (secondary N) is 1. The first-order valence-corrected chi connectivity index (χ1v) is 26.0. The Morgan fingerprint density at radius 3 is 2.22 bits per heavy atom. The van der Waals surface area contributed by atoms with Crippen LogP contribution in [0.5, 0.6) is 23.0 Å². The van der Waals surface area contributed by atoms with Crippen molar-refractivity contribution in [3.05, 3.63) is 144 Å². The molecule has 3 heterocycles. The number of allylic oxidation sites excluding steroid dienone is 8. The summed E-state index contributed by atoms with van der Waals surface area (Å²) in [4.78, 5) is 35.4. The third-order valence-corrected chi connectivity index (χ3v) is 13.8. The molecule has 2 N–H and O–H groups in total. The summed E-state index contributed by atoms with van der Waals surface area (Å²) >= 11 is 0. The number of hydrogen-bond acceptors (Lipinski definition) is 12. The Bertz CT molecular complexity index is 3050. The molecule has 7 rings (SSSR count). The van der Waals surface area contributed by atoms with E-state index in [1.54, 1.807) is 27.4 Å². The molecule has 0 bridgehead atoms. The van der Waals surface area contributed by atoms with Crippen LogP contribution in [0.1, 0.15) is 95.8 Å². The van der Waals surface area contributed by atoms with Gasteiger partial charge in [-0.15, -0.1) is 6.42 Å². The quantitative estimate of drug-likeness (QED) is 0.0161. The first kappa shape index (κ1) is 55.9. The molecular formula is C62H72N5O9+. The summed E-state index contributed by atoms with van der Waals surface area (Å²) in [5.74, 6) is 4.78. The van der Waals surface area contributed by atoms with Crippen LogP contribution in [0.4, 0.5) is 22.9 Å². The van der Waals surface area contributed by atoms with Crippen molar-refractivity contribution in [3.8, 4) is 35.3 Å². The highest BCUT2D eigenvalue weighted by atomic mass is 16.6. The number of rotatable bonds is 28. The van der Waals surface area contributed by atoms with E-state index in [9.17, 15) is 9.59 Å². The minimum absolute atomic E-state index is 0.0692. The van der Waals surface area contributed by atoms with Gasteiger partial charge in [0, 0.05) is 90.1 Å². The van der Waals surface area contributed by atoms with E-state index in [2.05, 4.69) is 119 Å². The van der Waals surface area contributed by atoms with Gasteiger partial charge in [-0.05, 0) is 106 Å². The molecule has 5 aromatic rings. The predicted octanol–water partition coefficient (Wildman–Crippen LogP) is 12.0. The number of esters is 1. The SMILES string of the molecule is C#Cc1cccc(Nc2ncnc3cc(OCCOC)c(OCCOC(=O)CCCCCN4/C(=C/C=C/C=C/C=C/C5=[N+](CCCCCC(=O)O)c6ccc(OC)cc6C5(C)C)C(C)(C)c5cc(OC)ccc54)cc23)c1. The number of benzene rings is 4. The van der Waals surface area contributed by atoms with Gasteiger partial charge in [0.15, 0.2) is 17.2 Å². The molecule has 14 nitrogen and oxygen atoms in total. The van der Waals surface area contributed by atoms with Crippen molar-refractivity contribution in [1.82, 2.24) is 9.97 Å². The molecule has 0 atom stereocenters. The fourth-order valence-corrected chi connectivity index (χ4v) is 9.80. The summed E-state index contributed by atoms with van der Waals surface area (Å²) in [5.41, 5.74) is 8.71. The van der Waals surface area contributed by atoms with E-state index in [1.165, 1.54) is 28.9 Å². The van der Waals surface area contributed by atoms with E-state index in [4.69, 9.17) is 40.0 Å². The van der Waals surface area contributed by atoms with Crippen molar-refractivity contribution in [3.63, 3.8) is 0 Å². The van der Waals surface area contributed by atoms with Crippen LogP contribution in [-0.4, -0.2) is 98.1 Å². The van der Waals surface area contributed by atoms with Crippen LogP contribution in [-0.2, 0) is 29.9 Å². The highest BCUT2D eigenvalue weighted by molar-refractivity contribution is 6.03. The Morgan fingerprint density at radius 1 is 0.750 bits per heavy atom. The van der Waals surface area contributed by atoms with Crippen LogP contribution in [0.15, 0.2) is 127 Å². The number of carbonyl (C=O) groups is 2. The number of aromatic nitrogens is 2. The van der Waals surface area contributed by atoms with Crippen LogP contribution in [0.25, 0.3) is 10.9 Å². The Morgan fingerprint density at radius 2 is 1.46 bits per heavy atom. The number of anilines is 3. The van der Waals surface area contributed by atoms with Gasteiger partial charge in [-0.3, -0.25) is 9.59 Å². The molecule has 0 fully saturated rings. The Balaban J connectivity index is 0.938. The number of carboxylic acids is 1. The van der Waals surface area contributed by atoms with Crippen LogP contribution in [0, 0.1) is 12.3 Å². The van der Waals surface area contributed by atoms with Gasteiger partial charge in [-0.25, -0.2) is 9.97 Å². The molecule has 0 spiro atoms. The van der Waals surface area contributed by atoms with Crippen molar-refractivity contribution in [2.24, 2.45) is 0 Å². The highest BCUT2D eigenvalue weighted by Crippen LogP contribution is 2.49. The molecule has 0 aliphatic carbocycles. The number of unbranched alkanes of at least 4 members (excludes halogenated alkanes) is 4. The van der Waals surface area contributed by atoms with Crippen molar-refractivity contribution >= 4 is 51.4 Å². The number of ether oxygens (including phenoxy) is 6. The second kappa shape index (κ2) is 26.5. The number of methoxy groups -OCH3 is 3. The van der Waals surface area contributed by atoms with E-state index in [1.807, 2.05) is 48.5 Å². The lowest BCUT2D eigenvalue weighted by Crippen LogP contribution is -2.27. The zero-order valence-electron chi connectivity index (χ0n) is 45.0. The van der Waals surface area contributed by atoms with Gasteiger partial charge >= 0.3 is 11.9 Å². The molecule has 4 aromatic carbocycles. The average molecular weight is 1030 g/mol. The van der Waals surface area contributed by atoms with Gasteiger partial charge < -0.3 is 43.7 Å². The zero-order chi connectivity index (χ0) is 54.1. The topological polar surface area (TPSA) is 154 Å². The summed E-state index contributed by atoms with van der Waals surface area (Å²) < 4.78 is 36.6. The molecule has 2 aliphatic rings. The number of nitrogens with zero attached hydrogens (tertiary/aromatic N) is 4. The Kier molecular flexibility index (Phi) is 19.5. The summed E-state index contributed by atoms with van der Waals surface area (Å²) in [6.07, 6.45) is 27.1. The van der Waals surface area contributed by atoms with Crippen LogP contribution < -0.4 is 29.2 Å². The van der Waals surface area contributed by atoms with E-state index in [0.717, 1.165) is 72.9 Å². The predicted molar refractivity (Wildman–Crippen MR) is 300 cm³/mol. The van der Waals surface area contributed by atoms with Gasteiger partial charge in [0.1, 0.15) is 50.0 Å². The maximum Gasteiger partial charge on any atom is 0.305 e. The van der Waals surface area contributed by atoms with E-state index in [-0.39, 0.29) is 36.4 Å². The lowest BCUT2D eigenvalue weighted by Gasteiger charge is -2.27. The standard InChI is InChI=1S/C62H71N5O9/c1-9-44-22-21-23-45(38-44)65-60-48-41-54(55(74-35-34-71-6)42-51(48)63-43-64-60)75-36-37-76-59(70)27-18-14-20-33-67-53-31-29-47(73-8)40-50(53)62(4,5)57(67)25-16-12-10-11-15-24-56-61(2,3)49-39-46(72-7)28-30-52(49)66(56)32-19-13-17-26-58(68)69/h1,10-12,15-16,21-25,28-31,38-43H,13-14,17-20,26-27,32-37H2,2-8H3,(H-,63,64,65,68,69)/p+1. The first-order valence-electron chi connectivity index (χ1n) is 26.0. The third-order valence-electron chi connectivity index (χ3n) is 13.8. The third kappa shape index (κ3) is 13.9. The number of carboxylic acid groups (broad SMARTS) is 1. The van der Waals surface area contributed by atoms with Gasteiger partial charge in [0.2, 0.25) is 5.69 Å². The lowest BCUT2D eigenvalue weighted by atomic mass is 9.81. The Labute approximate surface area is 447 Å². The second-order valence-electron chi connectivity index (χ2n) is 19.7. The summed E-state index contributed by atoms with van der Waals surface area (Å²) in [7, 11) is 4.99. The fourth-order valence-electron chi connectivity index (χ4n) is 9.80. The molecule has 76 heavy (non-hydrogen) atoms. The number of carbonyl (C=O) groups excluding carboxylic acids is 1. The molecule has 0 radical (unpaired) electrons. The van der Waals surface area contributed by atoms with Gasteiger partial charge in [-0.2, -0.15) is 4.58 Å². The summed E-state index contributed by atoms with van der Waals surface area (Å²) in [6, 6.07) is 23.6. The zero-order valence-corrected chi connectivity index (χ0v) is 45.0. The fraction of sp³-hybridized carbons (Fsp3) is 0.371. The van der Waals surface area contributed by atoms with Crippen molar-refractivity contribution < 1.29 is 47.7 Å². The van der Waals surface area contributed by atoms with Crippen molar-refractivity contribution in [2.45, 2.75) is 89.9 Å². The first-order chi connectivity index (χ1) is 36.8.